The van der Waals surface area contributed by atoms with Gasteiger partial charge in [-0.05, 0) is 35.9 Å². The zero-order valence-corrected chi connectivity index (χ0v) is 16.2. The molecule has 1 aromatic heterocycles. The Morgan fingerprint density at radius 2 is 1.90 bits per heavy atom. The van der Waals surface area contributed by atoms with Crippen LogP contribution in [0.5, 0.6) is 0 Å². The average molecular weight is 411 g/mol. The minimum absolute atomic E-state index is 0.172. The van der Waals surface area contributed by atoms with Crippen LogP contribution in [0.15, 0.2) is 66.9 Å². The average Bonchev–Trinajstić information content (AvgIpc) is 2.73. The van der Waals surface area contributed by atoms with Gasteiger partial charge in [0.15, 0.2) is 0 Å². The van der Waals surface area contributed by atoms with Crippen LogP contribution < -0.4 is 10.6 Å². The standard InChI is InChI=1S/C21H19ClN4O3/c22-18-7-2-1-5-16(18)14-25-19-9-8-15(13-20(19)26(28)29)21(27)24-12-10-17-6-3-4-11-23-17/h1-9,11,13,25H,10,12,14H2,(H,24,27). The predicted octanol–water partition coefficient (Wildman–Crippen LogP) is 4.23. The number of hydrogen-bond donors (Lipinski definition) is 2. The van der Waals surface area contributed by atoms with Crippen LogP contribution in [-0.2, 0) is 13.0 Å². The summed E-state index contributed by atoms with van der Waals surface area (Å²) in [5.74, 6) is -0.373. The number of aromatic nitrogens is 1. The minimum Gasteiger partial charge on any atom is -0.375 e. The molecule has 0 aliphatic heterocycles. The van der Waals surface area contributed by atoms with E-state index in [4.69, 9.17) is 11.6 Å². The molecule has 0 atom stereocenters. The molecule has 0 bridgehead atoms. The lowest BCUT2D eigenvalue weighted by Gasteiger charge is -2.10. The van der Waals surface area contributed by atoms with Crippen LogP contribution in [0.2, 0.25) is 5.02 Å². The largest absolute Gasteiger partial charge is 0.375 e. The molecule has 1 heterocycles. The second-order valence-corrected chi connectivity index (χ2v) is 6.67. The number of benzene rings is 2. The van der Waals surface area contributed by atoms with Gasteiger partial charge in [0.05, 0.1) is 4.92 Å². The first-order chi connectivity index (χ1) is 14.0. The van der Waals surface area contributed by atoms with Gasteiger partial charge in [-0.1, -0.05) is 35.9 Å². The maximum absolute atomic E-state index is 12.4. The maximum atomic E-state index is 12.4. The van der Waals surface area contributed by atoms with E-state index in [9.17, 15) is 14.9 Å². The highest BCUT2D eigenvalue weighted by molar-refractivity contribution is 6.31. The van der Waals surface area contributed by atoms with E-state index in [2.05, 4.69) is 15.6 Å². The Hall–Kier alpha value is -3.45. The van der Waals surface area contributed by atoms with E-state index >= 15 is 0 Å². The van der Waals surface area contributed by atoms with Crippen molar-refractivity contribution in [3.63, 3.8) is 0 Å². The number of rotatable bonds is 8. The molecular weight excluding hydrogens is 392 g/mol. The van der Waals surface area contributed by atoms with Crippen molar-refractivity contribution in [3.8, 4) is 0 Å². The highest BCUT2D eigenvalue weighted by Gasteiger charge is 2.17. The van der Waals surface area contributed by atoms with Crippen molar-refractivity contribution in [1.29, 1.82) is 0 Å². The van der Waals surface area contributed by atoms with Crippen LogP contribution in [0.25, 0.3) is 0 Å². The van der Waals surface area contributed by atoms with Crippen molar-refractivity contribution < 1.29 is 9.72 Å². The lowest BCUT2D eigenvalue weighted by atomic mass is 10.1. The van der Waals surface area contributed by atoms with Gasteiger partial charge in [-0.25, -0.2) is 0 Å². The van der Waals surface area contributed by atoms with Crippen molar-refractivity contribution in [3.05, 3.63) is 98.8 Å². The Kier molecular flexibility index (Phi) is 6.76. The molecule has 0 saturated heterocycles. The topological polar surface area (TPSA) is 97.2 Å². The number of nitrogens with one attached hydrogen (secondary N) is 2. The molecule has 7 nitrogen and oxygen atoms in total. The van der Waals surface area contributed by atoms with Gasteiger partial charge in [0, 0.05) is 48.1 Å². The molecule has 8 heteroatoms. The van der Waals surface area contributed by atoms with Crippen LogP contribution in [-0.4, -0.2) is 22.4 Å². The molecule has 29 heavy (non-hydrogen) atoms. The highest BCUT2D eigenvalue weighted by atomic mass is 35.5. The number of nitro groups is 1. The first-order valence-electron chi connectivity index (χ1n) is 8.98. The molecule has 3 aromatic rings. The molecule has 0 fully saturated rings. The summed E-state index contributed by atoms with van der Waals surface area (Å²) in [6.45, 7) is 0.715. The normalized spacial score (nSPS) is 10.4. The summed E-state index contributed by atoms with van der Waals surface area (Å²) >= 11 is 6.12. The number of pyridine rings is 1. The van der Waals surface area contributed by atoms with E-state index in [1.807, 2.05) is 36.4 Å². The molecular formula is C21H19ClN4O3. The molecule has 0 saturated carbocycles. The summed E-state index contributed by atoms with van der Waals surface area (Å²) in [6.07, 6.45) is 2.26. The lowest BCUT2D eigenvalue weighted by Crippen LogP contribution is -2.26. The molecule has 0 aliphatic carbocycles. The fourth-order valence-corrected chi connectivity index (χ4v) is 2.96. The fourth-order valence-electron chi connectivity index (χ4n) is 2.76. The van der Waals surface area contributed by atoms with Crippen LogP contribution in [0.4, 0.5) is 11.4 Å². The number of hydrogen-bond acceptors (Lipinski definition) is 5. The SMILES string of the molecule is O=C(NCCc1ccccn1)c1ccc(NCc2ccccc2Cl)c([N+](=O)[O-])c1. The molecule has 1 amide bonds. The first kappa shape index (κ1) is 20.3. The van der Waals surface area contributed by atoms with Gasteiger partial charge in [0.25, 0.3) is 11.6 Å². The Bertz CT molecular complexity index is 1010. The Morgan fingerprint density at radius 1 is 1.10 bits per heavy atom. The Labute approximate surface area is 172 Å². The van der Waals surface area contributed by atoms with Gasteiger partial charge in [0.2, 0.25) is 0 Å². The third-order valence-corrected chi connectivity index (χ3v) is 4.65. The van der Waals surface area contributed by atoms with Gasteiger partial charge in [0.1, 0.15) is 5.69 Å². The van der Waals surface area contributed by atoms with Gasteiger partial charge in [-0.2, -0.15) is 0 Å². The molecule has 2 N–H and O–H groups in total. The predicted molar refractivity (Wildman–Crippen MR) is 112 cm³/mol. The van der Waals surface area contributed by atoms with E-state index in [-0.39, 0.29) is 17.2 Å². The zero-order valence-electron chi connectivity index (χ0n) is 15.5. The number of anilines is 1. The quantitative estimate of drug-likeness (QED) is 0.428. The fraction of sp³-hybridized carbons (Fsp3) is 0.143. The Balaban J connectivity index is 1.66. The molecule has 0 aliphatic rings. The van der Waals surface area contributed by atoms with E-state index in [1.165, 1.54) is 12.1 Å². The number of halogens is 1. The maximum Gasteiger partial charge on any atom is 0.293 e. The van der Waals surface area contributed by atoms with Crippen LogP contribution in [0.3, 0.4) is 0 Å². The van der Waals surface area contributed by atoms with Crippen molar-refractivity contribution >= 4 is 28.9 Å². The number of carbonyl (C=O) groups is 1. The van der Waals surface area contributed by atoms with E-state index < -0.39 is 4.92 Å². The van der Waals surface area contributed by atoms with Gasteiger partial charge in [-0.15, -0.1) is 0 Å². The van der Waals surface area contributed by atoms with Crippen molar-refractivity contribution in [2.24, 2.45) is 0 Å². The van der Waals surface area contributed by atoms with Crippen LogP contribution in [0.1, 0.15) is 21.6 Å². The molecule has 2 aromatic carbocycles. The van der Waals surface area contributed by atoms with E-state index in [0.29, 0.717) is 30.2 Å². The summed E-state index contributed by atoms with van der Waals surface area (Å²) in [5, 5.41) is 17.8. The molecule has 0 unspecified atom stereocenters. The number of nitro benzene ring substituents is 1. The molecule has 0 spiro atoms. The molecule has 0 radical (unpaired) electrons. The van der Waals surface area contributed by atoms with Gasteiger partial charge in [-0.3, -0.25) is 19.9 Å². The van der Waals surface area contributed by atoms with E-state index in [0.717, 1.165) is 11.3 Å². The zero-order chi connectivity index (χ0) is 20.6. The van der Waals surface area contributed by atoms with Crippen LogP contribution >= 0.6 is 11.6 Å². The van der Waals surface area contributed by atoms with Crippen molar-refractivity contribution in [1.82, 2.24) is 10.3 Å². The lowest BCUT2D eigenvalue weighted by molar-refractivity contribution is -0.384. The summed E-state index contributed by atoms with van der Waals surface area (Å²) in [5.41, 5.74) is 2.05. The molecule has 148 valence electrons. The summed E-state index contributed by atoms with van der Waals surface area (Å²) in [4.78, 5) is 27.5. The minimum atomic E-state index is -0.514. The summed E-state index contributed by atoms with van der Waals surface area (Å²) < 4.78 is 0. The number of nitrogens with zero attached hydrogens (tertiary/aromatic N) is 2. The highest BCUT2D eigenvalue weighted by Crippen LogP contribution is 2.27. The first-order valence-corrected chi connectivity index (χ1v) is 9.36. The van der Waals surface area contributed by atoms with Gasteiger partial charge < -0.3 is 10.6 Å². The van der Waals surface area contributed by atoms with Crippen molar-refractivity contribution in [2.45, 2.75) is 13.0 Å². The summed E-state index contributed by atoms with van der Waals surface area (Å²) in [6, 6.07) is 17.2. The monoisotopic (exact) mass is 410 g/mol. The third kappa shape index (κ3) is 5.52. The van der Waals surface area contributed by atoms with E-state index in [1.54, 1.807) is 18.3 Å². The molecule has 3 rings (SSSR count). The smallest absolute Gasteiger partial charge is 0.293 e. The Morgan fingerprint density at radius 3 is 2.62 bits per heavy atom. The second-order valence-electron chi connectivity index (χ2n) is 6.26. The number of carbonyl (C=O) groups excluding carboxylic acids is 1. The number of amides is 1. The second kappa shape index (κ2) is 9.66. The van der Waals surface area contributed by atoms with Gasteiger partial charge >= 0.3 is 0 Å². The third-order valence-electron chi connectivity index (χ3n) is 4.28. The summed E-state index contributed by atoms with van der Waals surface area (Å²) in [7, 11) is 0. The van der Waals surface area contributed by atoms with Crippen molar-refractivity contribution in [2.75, 3.05) is 11.9 Å². The van der Waals surface area contributed by atoms with Crippen LogP contribution in [0, 0.1) is 10.1 Å².